The predicted molar refractivity (Wildman–Crippen MR) is 85.0 cm³/mol. The molecular weight excluding hydrogens is 270 g/mol. The van der Waals surface area contributed by atoms with Gasteiger partial charge in [-0.3, -0.25) is 4.68 Å². The minimum Gasteiger partial charge on any atom is -0.330 e. The Hall–Kier alpha value is -0.540. The number of halogens is 1. The Morgan fingerprint density at radius 3 is 2.65 bits per heavy atom. The van der Waals surface area contributed by atoms with Crippen LogP contribution < -0.4 is 5.73 Å². The standard InChI is InChI=1S/C16H28ClN3/c1-4-14-16(17)15(20(5-2)19-14)9-13-8-11(3)6-7-12(13)10-18/h11-13H,4-10,18H2,1-3H3. The van der Waals surface area contributed by atoms with Crippen LogP contribution in [0.3, 0.4) is 0 Å². The van der Waals surface area contributed by atoms with E-state index in [0.717, 1.165) is 42.6 Å². The van der Waals surface area contributed by atoms with Gasteiger partial charge in [-0.2, -0.15) is 5.10 Å². The summed E-state index contributed by atoms with van der Waals surface area (Å²) in [6.45, 7) is 8.30. The monoisotopic (exact) mass is 297 g/mol. The van der Waals surface area contributed by atoms with Crippen molar-refractivity contribution in [1.82, 2.24) is 9.78 Å². The minimum atomic E-state index is 0.646. The van der Waals surface area contributed by atoms with Crippen LogP contribution in [0.5, 0.6) is 0 Å². The van der Waals surface area contributed by atoms with Gasteiger partial charge in [0.2, 0.25) is 0 Å². The van der Waals surface area contributed by atoms with Crippen LogP contribution in [0.1, 0.15) is 51.4 Å². The molecule has 20 heavy (non-hydrogen) atoms. The van der Waals surface area contributed by atoms with Crippen molar-refractivity contribution in [1.29, 1.82) is 0 Å². The van der Waals surface area contributed by atoms with Crippen molar-refractivity contribution in [3.63, 3.8) is 0 Å². The lowest BCUT2D eigenvalue weighted by Gasteiger charge is -2.34. The maximum Gasteiger partial charge on any atom is 0.0849 e. The van der Waals surface area contributed by atoms with E-state index in [1.807, 2.05) is 0 Å². The number of aryl methyl sites for hydroxylation is 2. The first kappa shape index (κ1) is 15.8. The van der Waals surface area contributed by atoms with Crippen molar-refractivity contribution in [2.75, 3.05) is 6.54 Å². The zero-order valence-corrected chi connectivity index (χ0v) is 13.8. The Balaban J connectivity index is 2.21. The van der Waals surface area contributed by atoms with E-state index in [2.05, 4.69) is 30.6 Å². The highest BCUT2D eigenvalue weighted by molar-refractivity contribution is 6.31. The van der Waals surface area contributed by atoms with Gasteiger partial charge in [-0.05, 0) is 56.9 Å². The molecule has 1 aliphatic rings. The smallest absolute Gasteiger partial charge is 0.0849 e. The number of aromatic nitrogens is 2. The van der Waals surface area contributed by atoms with Gasteiger partial charge in [-0.25, -0.2) is 0 Å². The molecule has 0 bridgehead atoms. The second-order valence-electron chi connectivity index (χ2n) is 6.25. The van der Waals surface area contributed by atoms with Crippen LogP contribution in [0.2, 0.25) is 5.02 Å². The van der Waals surface area contributed by atoms with Crippen molar-refractivity contribution in [2.45, 2.75) is 59.4 Å². The summed E-state index contributed by atoms with van der Waals surface area (Å²) >= 11 is 6.54. The van der Waals surface area contributed by atoms with Gasteiger partial charge in [0.15, 0.2) is 0 Å². The average Bonchev–Trinajstić information content (AvgIpc) is 2.75. The van der Waals surface area contributed by atoms with Crippen molar-refractivity contribution < 1.29 is 0 Å². The van der Waals surface area contributed by atoms with E-state index in [1.165, 1.54) is 25.0 Å². The second kappa shape index (κ2) is 6.95. The molecule has 0 saturated heterocycles. The fourth-order valence-electron chi connectivity index (χ4n) is 3.58. The molecule has 1 saturated carbocycles. The Morgan fingerprint density at radius 1 is 1.30 bits per heavy atom. The number of nitrogens with two attached hydrogens (primary N) is 1. The lowest BCUT2D eigenvalue weighted by atomic mass is 9.73. The van der Waals surface area contributed by atoms with Gasteiger partial charge in [0.1, 0.15) is 0 Å². The molecule has 0 spiro atoms. The number of hydrogen-bond acceptors (Lipinski definition) is 2. The molecule has 114 valence electrons. The summed E-state index contributed by atoms with van der Waals surface area (Å²) in [5, 5.41) is 5.53. The predicted octanol–water partition coefficient (Wildman–Crippen LogP) is 3.67. The van der Waals surface area contributed by atoms with E-state index in [0.29, 0.717) is 11.8 Å². The van der Waals surface area contributed by atoms with Crippen LogP contribution in [0, 0.1) is 17.8 Å². The Labute approximate surface area is 127 Å². The zero-order chi connectivity index (χ0) is 14.7. The molecule has 0 amide bonds. The van der Waals surface area contributed by atoms with Crippen molar-refractivity contribution in [3.05, 3.63) is 16.4 Å². The largest absolute Gasteiger partial charge is 0.330 e. The topological polar surface area (TPSA) is 43.8 Å². The molecule has 1 fully saturated rings. The van der Waals surface area contributed by atoms with E-state index >= 15 is 0 Å². The number of nitrogens with zero attached hydrogens (tertiary/aromatic N) is 2. The second-order valence-corrected chi connectivity index (χ2v) is 6.63. The van der Waals surface area contributed by atoms with Crippen LogP contribution in [-0.2, 0) is 19.4 Å². The van der Waals surface area contributed by atoms with Gasteiger partial charge < -0.3 is 5.73 Å². The summed E-state index contributed by atoms with van der Waals surface area (Å²) in [5.41, 5.74) is 8.24. The quantitative estimate of drug-likeness (QED) is 0.901. The molecule has 2 rings (SSSR count). The van der Waals surface area contributed by atoms with Crippen LogP contribution in [0.15, 0.2) is 0 Å². The van der Waals surface area contributed by atoms with Crippen molar-refractivity contribution >= 4 is 11.6 Å². The van der Waals surface area contributed by atoms with Gasteiger partial charge in [0, 0.05) is 6.54 Å². The van der Waals surface area contributed by atoms with E-state index in [-0.39, 0.29) is 0 Å². The molecule has 3 nitrogen and oxygen atoms in total. The molecule has 3 unspecified atom stereocenters. The average molecular weight is 298 g/mol. The van der Waals surface area contributed by atoms with E-state index in [4.69, 9.17) is 17.3 Å². The first-order valence-electron chi connectivity index (χ1n) is 8.04. The number of rotatable bonds is 5. The molecule has 0 aromatic carbocycles. The fourth-order valence-corrected chi connectivity index (χ4v) is 3.93. The molecule has 3 atom stereocenters. The highest BCUT2D eigenvalue weighted by Gasteiger charge is 2.29. The molecule has 0 aliphatic heterocycles. The molecule has 0 radical (unpaired) electrons. The summed E-state index contributed by atoms with van der Waals surface area (Å²) in [7, 11) is 0. The van der Waals surface area contributed by atoms with Crippen LogP contribution >= 0.6 is 11.6 Å². The zero-order valence-electron chi connectivity index (χ0n) is 13.0. The summed E-state index contributed by atoms with van der Waals surface area (Å²) < 4.78 is 2.09. The summed E-state index contributed by atoms with van der Waals surface area (Å²) in [6, 6.07) is 0. The van der Waals surface area contributed by atoms with Crippen LogP contribution in [0.25, 0.3) is 0 Å². The van der Waals surface area contributed by atoms with Crippen LogP contribution in [0.4, 0.5) is 0 Å². The maximum atomic E-state index is 6.54. The summed E-state index contributed by atoms with van der Waals surface area (Å²) in [5.74, 6) is 2.12. The van der Waals surface area contributed by atoms with Gasteiger partial charge in [0.05, 0.1) is 16.4 Å². The molecule has 1 heterocycles. The van der Waals surface area contributed by atoms with Crippen molar-refractivity contribution in [2.24, 2.45) is 23.5 Å². The third kappa shape index (κ3) is 3.20. The minimum absolute atomic E-state index is 0.646. The molecular formula is C16H28ClN3. The maximum absolute atomic E-state index is 6.54. The third-order valence-electron chi connectivity index (χ3n) is 4.85. The van der Waals surface area contributed by atoms with Crippen molar-refractivity contribution in [3.8, 4) is 0 Å². The SMILES string of the molecule is CCc1nn(CC)c(CC2CC(C)CCC2CN)c1Cl. The van der Waals surface area contributed by atoms with Gasteiger partial charge >= 0.3 is 0 Å². The molecule has 2 N–H and O–H groups in total. The highest BCUT2D eigenvalue weighted by atomic mass is 35.5. The van der Waals surface area contributed by atoms with Gasteiger partial charge in [-0.1, -0.05) is 31.9 Å². The van der Waals surface area contributed by atoms with E-state index < -0.39 is 0 Å². The van der Waals surface area contributed by atoms with Gasteiger partial charge in [-0.15, -0.1) is 0 Å². The van der Waals surface area contributed by atoms with E-state index in [1.54, 1.807) is 0 Å². The van der Waals surface area contributed by atoms with Gasteiger partial charge in [0.25, 0.3) is 0 Å². The molecule has 1 aromatic heterocycles. The Morgan fingerprint density at radius 2 is 2.05 bits per heavy atom. The number of hydrogen-bond donors (Lipinski definition) is 1. The lowest BCUT2D eigenvalue weighted by molar-refractivity contribution is 0.190. The normalized spacial score (nSPS) is 26.9. The summed E-state index contributed by atoms with van der Waals surface area (Å²) in [6.07, 6.45) is 5.79. The fraction of sp³-hybridized carbons (Fsp3) is 0.812. The molecule has 1 aromatic rings. The molecule has 1 aliphatic carbocycles. The van der Waals surface area contributed by atoms with E-state index in [9.17, 15) is 0 Å². The lowest BCUT2D eigenvalue weighted by Crippen LogP contribution is -2.31. The molecule has 4 heteroatoms. The first-order chi connectivity index (χ1) is 9.60. The Bertz CT molecular complexity index is 441. The first-order valence-corrected chi connectivity index (χ1v) is 8.42. The van der Waals surface area contributed by atoms with Crippen LogP contribution in [-0.4, -0.2) is 16.3 Å². The third-order valence-corrected chi connectivity index (χ3v) is 5.29. The highest BCUT2D eigenvalue weighted by Crippen LogP contribution is 2.37. The Kier molecular flexibility index (Phi) is 5.50. The summed E-state index contributed by atoms with van der Waals surface area (Å²) in [4.78, 5) is 0.